The third kappa shape index (κ3) is 3.87. The molecular formula is C18H26N4O2. The van der Waals surface area contributed by atoms with Gasteiger partial charge >= 0.3 is 0 Å². The third-order valence-electron chi connectivity index (χ3n) is 4.66. The van der Waals surface area contributed by atoms with Crippen molar-refractivity contribution in [3.8, 4) is 0 Å². The first-order chi connectivity index (χ1) is 11.7. The van der Waals surface area contributed by atoms with Crippen LogP contribution in [-0.2, 0) is 19.6 Å². The van der Waals surface area contributed by atoms with Crippen LogP contribution in [0, 0.1) is 6.92 Å². The Hall–Kier alpha value is -2.08. The lowest BCUT2D eigenvalue weighted by molar-refractivity contribution is 0.0918. The van der Waals surface area contributed by atoms with Crippen molar-refractivity contribution < 1.29 is 9.21 Å². The summed E-state index contributed by atoms with van der Waals surface area (Å²) in [6, 6.07) is 3.67. The minimum absolute atomic E-state index is 0.177. The van der Waals surface area contributed by atoms with Gasteiger partial charge in [0.1, 0.15) is 5.76 Å². The highest BCUT2D eigenvalue weighted by Crippen LogP contribution is 2.15. The van der Waals surface area contributed by atoms with Gasteiger partial charge in [-0.2, -0.15) is 5.10 Å². The zero-order valence-corrected chi connectivity index (χ0v) is 14.5. The summed E-state index contributed by atoms with van der Waals surface area (Å²) < 4.78 is 7.64. The molecule has 1 aliphatic heterocycles. The van der Waals surface area contributed by atoms with E-state index in [-0.39, 0.29) is 5.91 Å². The number of carbonyl (C=O) groups is 1. The van der Waals surface area contributed by atoms with E-state index >= 15 is 0 Å². The summed E-state index contributed by atoms with van der Waals surface area (Å²) in [6.07, 6.45) is 5.62. The van der Waals surface area contributed by atoms with Gasteiger partial charge in [0.2, 0.25) is 0 Å². The summed E-state index contributed by atoms with van der Waals surface area (Å²) in [7, 11) is 0. The molecule has 6 heteroatoms. The largest absolute Gasteiger partial charge is 0.455 e. The Morgan fingerprint density at radius 2 is 2.08 bits per heavy atom. The quantitative estimate of drug-likeness (QED) is 0.884. The third-order valence-corrected chi connectivity index (χ3v) is 4.66. The molecule has 1 aliphatic rings. The van der Waals surface area contributed by atoms with Crippen LogP contribution in [0.15, 0.2) is 22.7 Å². The number of rotatable bonds is 6. The first-order valence-electron chi connectivity index (χ1n) is 8.78. The fraction of sp³-hybridized carbons (Fsp3) is 0.556. The number of nitrogens with one attached hydrogen (secondary N) is 1. The molecule has 2 aromatic heterocycles. The molecule has 6 nitrogen and oxygen atoms in total. The van der Waals surface area contributed by atoms with E-state index in [1.54, 1.807) is 6.07 Å². The van der Waals surface area contributed by atoms with E-state index in [9.17, 15) is 4.79 Å². The number of carbonyl (C=O) groups excluding carboxylic acids is 1. The molecule has 24 heavy (non-hydrogen) atoms. The number of piperidine rings is 1. The average molecular weight is 330 g/mol. The van der Waals surface area contributed by atoms with Crippen LogP contribution in [0.25, 0.3) is 0 Å². The lowest BCUT2D eigenvalue weighted by atomic mass is 10.1. The Bertz CT molecular complexity index is 683. The highest BCUT2D eigenvalue weighted by Gasteiger charge is 2.16. The van der Waals surface area contributed by atoms with Gasteiger partial charge in [0.15, 0.2) is 5.76 Å². The lowest BCUT2D eigenvalue weighted by Gasteiger charge is -2.25. The van der Waals surface area contributed by atoms with E-state index in [1.165, 1.54) is 19.3 Å². The summed E-state index contributed by atoms with van der Waals surface area (Å²) in [5.74, 6) is 1.06. The molecule has 3 rings (SSSR count). The molecule has 3 heterocycles. The van der Waals surface area contributed by atoms with Gasteiger partial charge in [0.05, 0.1) is 12.7 Å². The molecule has 130 valence electrons. The van der Waals surface area contributed by atoms with Gasteiger partial charge in [-0.15, -0.1) is 0 Å². The van der Waals surface area contributed by atoms with Crippen molar-refractivity contribution in [1.29, 1.82) is 0 Å². The topological polar surface area (TPSA) is 63.3 Å². The van der Waals surface area contributed by atoms with E-state index < -0.39 is 0 Å². The number of hydrogen-bond acceptors (Lipinski definition) is 4. The molecule has 0 atom stereocenters. The molecule has 2 aromatic rings. The van der Waals surface area contributed by atoms with Crippen molar-refractivity contribution in [3.05, 3.63) is 41.1 Å². The molecule has 1 amide bonds. The van der Waals surface area contributed by atoms with Gasteiger partial charge in [-0.1, -0.05) is 6.42 Å². The number of aromatic nitrogens is 2. The summed E-state index contributed by atoms with van der Waals surface area (Å²) >= 11 is 0. The molecule has 0 aromatic carbocycles. The molecule has 1 N–H and O–H groups in total. The van der Waals surface area contributed by atoms with Crippen LogP contribution in [-0.4, -0.2) is 33.7 Å². The van der Waals surface area contributed by atoms with E-state index in [1.807, 2.05) is 23.9 Å². The predicted octanol–water partition coefficient (Wildman–Crippen LogP) is 2.72. The Morgan fingerprint density at radius 3 is 2.79 bits per heavy atom. The van der Waals surface area contributed by atoms with Crippen molar-refractivity contribution in [2.24, 2.45) is 0 Å². The van der Waals surface area contributed by atoms with Crippen LogP contribution in [0.2, 0.25) is 0 Å². The maximum absolute atomic E-state index is 12.3. The number of likely N-dealkylation sites (tertiary alicyclic amines) is 1. The minimum atomic E-state index is -0.177. The van der Waals surface area contributed by atoms with Crippen LogP contribution >= 0.6 is 0 Å². The van der Waals surface area contributed by atoms with Crippen molar-refractivity contribution in [2.45, 2.75) is 52.7 Å². The first kappa shape index (κ1) is 16.8. The van der Waals surface area contributed by atoms with E-state index in [2.05, 4.69) is 22.2 Å². The molecule has 0 unspecified atom stereocenters. The Balaban J connectivity index is 1.54. The van der Waals surface area contributed by atoms with Crippen LogP contribution < -0.4 is 5.32 Å². The van der Waals surface area contributed by atoms with Gasteiger partial charge < -0.3 is 9.73 Å². The normalized spacial score (nSPS) is 15.6. The van der Waals surface area contributed by atoms with Crippen LogP contribution in [0.5, 0.6) is 0 Å². The maximum atomic E-state index is 12.3. The smallest absolute Gasteiger partial charge is 0.287 e. The Kier molecular flexibility index (Phi) is 5.35. The van der Waals surface area contributed by atoms with Gasteiger partial charge in [-0.05, 0) is 51.9 Å². The average Bonchev–Trinajstić information content (AvgIpc) is 3.20. The Labute approximate surface area is 142 Å². The lowest BCUT2D eigenvalue weighted by Crippen LogP contribution is -2.28. The van der Waals surface area contributed by atoms with Gasteiger partial charge in [-0.3, -0.25) is 14.4 Å². The van der Waals surface area contributed by atoms with Gasteiger partial charge in [0.25, 0.3) is 5.91 Å². The molecule has 0 bridgehead atoms. The zero-order chi connectivity index (χ0) is 16.9. The molecule has 1 fully saturated rings. The molecule has 0 radical (unpaired) electrons. The fourth-order valence-electron chi connectivity index (χ4n) is 3.16. The second-order valence-corrected chi connectivity index (χ2v) is 6.36. The summed E-state index contributed by atoms with van der Waals surface area (Å²) in [6.45, 7) is 8.38. The molecule has 0 aliphatic carbocycles. The standard InChI is InChI=1S/C18H26N4O2/c1-3-22-14(2)15(12-20-22)11-19-18(23)17-8-7-16(24-17)13-21-9-5-4-6-10-21/h7-8,12H,3-6,9-11,13H2,1-2H3,(H,19,23). The summed E-state index contributed by atoms with van der Waals surface area (Å²) in [4.78, 5) is 14.6. The number of nitrogens with zero attached hydrogens (tertiary/aromatic N) is 3. The molecule has 0 spiro atoms. The second-order valence-electron chi connectivity index (χ2n) is 6.36. The van der Waals surface area contributed by atoms with Gasteiger partial charge in [0, 0.05) is 24.3 Å². The summed E-state index contributed by atoms with van der Waals surface area (Å²) in [5, 5.41) is 7.20. The SMILES string of the molecule is CCn1ncc(CNC(=O)c2ccc(CN3CCCCC3)o2)c1C. The van der Waals surface area contributed by atoms with Crippen LogP contribution in [0.3, 0.4) is 0 Å². The number of hydrogen-bond donors (Lipinski definition) is 1. The van der Waals surface area contributed by atoms with E-state index in [0.717, 1.165) is 43.2 Å². The van der Waals surface area contributed by atoms with E-state index in [4.69, 9.17) is 4.42 Å². The highest BCUT2D eigenvalue weighted by atomic mass is 16.4. The first-order valence-corrected chi connectivity index (χ1v) is 8.78. The minimum Gasteiger partial charge on any atom is -0.455 e. The van der Waals surface area contributed by atoms with Gasteiger partial charge in [-0.25, -0.2) is 0 Å². The van der Waals surface area contributed by atoms with Crippen LogP contribution in [0.4, 0.5) is 0 Å². The highest BCUT2D eigenvalue weighted by molar-refractivity contribution is 5.91. The predicted molar refractivity (Wildman–Crippen MR) is 91.6 cm³/mol. The Morgan fingerprint density at radius 1 is 1.29 bits per heavy atom. The number of aryl methyl sites for hydroxylation is 1. The van der Waals surface area contributed by atoms with E-state index in [0.29, 0.717) is 12.3 Å². The van der Waals surface area contributed by atoms with Crippen LogP contribution in [0.1, 0.15) is 53.8 Å². The molecule has 1 saturated heterocycles. The second kappa shape index (κ2) is 7.66. The molecular weight excluding hydrogens is 304 g/mol. The van der Waals surface area contributed by atoms with Crippen molar-refractivity contribution in [1.82, 2.24) is 20.0 Å². The zero-order valence-electron chi connectivity index (χ0n) is 14.5. The van der Waals surface area contributed by atoms with Crippen molar-refractivity contribution >= 4 is 5.91 Å². The van der Waals surface area contributed by atoms with Crippen molar-refractivity contribution in [2.75, 3.05) is 13.1 Å². The van der Waals surface area contributed by atoms with Crippen molar-refractivity contribution in [3.63, 3.8) is 0 Å². The fourth-order valence-corrected chi connectivity index (χ4v) is 3.16. The molecule has 0 saturated carbocycles. The number of amides is 1. The summed E-state index contributed by atoms with van der Waals surface area (Å²) in [5.41, 5.74) is 2.12. The maximum Gasteiger partial charge on any atom is 0.287 e. The number of furan rings is 1. The monoisotopic (exact) mass is 330 g/mol.